The van der Waals surface area contributed by atoms with Crippen LogP contribution in [0.2, 0.25) is 0 Å². The highest BCUT2D eigenvalue weighted by atomic mass is 16.4. The summed E-state index contributed by atoms with van der Waals surface area (Å²) in [7, 11) is 0. The Hall–Kier alpha value is -1.55. The lowest BCUT2D eigenvalue weighted by molar-refractivity contribution is 0.169. The minimum atomic E-state index is -0.954. The molecule has 18 heavy (non-hydrogen) atoms. The van der Waals surface area contributed by atoms with Crippen molar-refractivity contribution in [2.75, 3.05) is 13.1 Å². The number of nitrogens with zero attached hydrogens (tertiary/aromatic N) is 1. The smallest absolute Gasteiger partial charge is 0.404 e. The van der Waals surface area contributed by atoms with Gasteiger partial charge in [-0.2, -0.15) is 0 Å². The van der Waals surface area contributed by atoms with Crippen molar-refractivity contribution in [3.05, 3.63) is 35.9 Å². The molecule has 1 amide bonds. The summed E-state index contributed by atoms with van der Waals surface area (Å²) in [6.45, 7) is 6.44. The Bertz CT molecular complexity index is 354. The van der Waals surface area contributed by atoms with Crippen LogP contribution in [-0.4, -0.2) is 35.2 Å². The Morgan fingerprint density at radius 1 is 1.33 bits per heavy atom. The second-order valence-corrected chi connectivity index (χ2v) is 4.30. The predicted octanol–water partition coefficient (Wildman–Crippen LogP) is 2.55. The first-order chi connectivity index (χ1) is 8.67. The van der Waals surface area contributed by atoms with Gasteiger partial charge in [0.15, 0.2) is 0 Å². The zero-order chi connectivity index (χ0) is 13.4. The van der Waals surface area contributed by atoms with E-state index < -0.39 is 6.09 Å². The molecule has 0 saturated carbocycles. The zero-order valence-corrected chi connectivity index (χ0v) is 11.1. The van der Waals surface area contributed by atoms with E-state index in [4.69, 9.17) is 5.11 Å². The van der Waals surface area contributed by atoms with Gasteiger partial charge in [0, 0.05) is 19.1 Å². The van der Waals surface area contributed by atoms with Gasteiger partial charge < -0.3 is 10.4 Å². The van der Waals surface area contributed by atoms with Crippen LogP contribution in [0.25, 0.3) is 0 Å². The van der Waals surface area contributed by atoms with Gasteiger partial charge in [0.05, 0.1) is 0 Å². The standard InChI is InChI=1S/C14H22N2O2/c1-3-13(10-15-14(17)18)16(4-2)11-12-8-6-5-7-9-12/h5-9,13,15H,3-4,10-11H2,1-2H3,(H,17,18). The number of carbonyl (C=O) groups is 1. The molecule has 1 unspecified atom stereocenters. The molecule has 0 aliphatic carbocycles. The van der Waals surface area contributed by atoms with Gasteiger partial charge in [-0.15, -0.1) is 0 Å². The normalized spacial score (nSPS) is 12.4. The van der Waals surface area contributed by atoms with Crippen LogP contribution in [0, 0.1) is 0 Å². The van der Waals surface area contributed by atoms with Crippen LogP contribution < -0.4 is 5.32 Å². The number of hydrogen-bond donors (Lipinski definition) is 2. The SMILES string of the molecule is CCC(CNC(=O)O)N(CC)Cc1ccccc1. The zero-order valence-electron chi connectivity index (χ0n) is 11.1. The fraction of sp³-hybridized carbons (Fsp3) is 0.500. The lowest BCUT2D eigenvalue weighted by atomic mass is 10.1. The van der Waals surface area contributed by atoms with Crippen LogP contribution in [0.3, 0.4) is 0 Å². The molecule has 0 aliphatic heterocycles. The topological polar surface area (TPSA) is 52.6 Å². The van der Waals surface area contributed by atoms with Crippen molar-refractivity contribution in [3.63, 3.8) is 0 Å². The summed E-state index contributed by atoms with van der Waals surface area (Å²) in [5.41, 5.74) is 1.26. The second kappa shape index (κ2) is 7.71. The van der Waals surface area contributed by atoms with E-state index in [9.17, 15) is 4.79 Å². The predicted molar refractivity (Wildman–Crippen MR) is 72.6 cm³/mol. The molecule has 2 N–H and O–H groups in total. The molecule has 100 valence electrons. The molecule has 4 heteroatoms. The summed E-state index contributed by atoms with van der Waals surface area (Å²) in [5, 5.41) is 11.1. The van der Waals surface area contributed by atoms with Gasteiger partial charge in [-0.1, -0.05) is 44.2 Å². The number of carboxylic acid groups (broad SMARTS) is 1. The third-order valence-corrected chi connectivity index (χ3v) is 3.11. The Morgan fingerprint density at radius 3 is 2.50 bits per heavy atom. The van der Waals surface area contributed by atoms with E-state index >= 15 is 0 Å². The van der Waals surface area contributed by atoms with Crippen molar-refractivity contribution in [1.82, 2.24) is 10.2 Å². The first kappa shape index (κ1) is 14.5. The maximum Gasteiger partial charge on any atom is 0.404 e. The van der Waals surface area contributed by atoms with E-state index in [2.05, 4.69) is 36.2 Å². The molecule has 0 fully saturated rings. The Balaban J connectivity index is 2.59. The number of rotatable bonds is 7. The van der Waals surface area contributed by atoms with E-state index in [1.165, 1.54) is 5.56 Å². The molecule has 4 nitrogen and oxygen atoms in total. The molecular formula is C14H22N2O2. The summed E-state index contributed by atoms with van der Waals surface area (Å²) < 4.78 is 0. The van der Waals surface area contributed by atoms with Crippen LogP contribution in [0.5, 0.6) is 0 Å². The van der Waals surface area contributed by atoms with Crippen LogP contribution in [-0.2, 0) is 6.54 Å². The highest BCUT2D eigenvalue weighted by Crippen LogP contribution is 2.10. The van der Waals surface area contributed by atoms with E-state index in [1.54, 1.807) is 0 Å². The summed E-state index contributed by atoms with van der Waals surface area (Å²) >= 11 is 0. The van der Waals surface area contributed by atoms with Crippen LogP contribution >= 0.6 is 0 Å². The van der Waals surface area contributed by atoms with E-state index in [0.29, 0.717) is 6.54 Å². The van der Waals surface area contributed by atoms with Crippen molar-refractivity contribution in [1.29, 1.82) is 0 Å². The summed E-state index contributed by atoms with van der Waals surface area (Å²) in [6.07, 6.45) is -0.0229. The number of hydrogen-bond acceptors (Lipinski definition) is 2. The van der Waals surface area contributed by atoms with Gasteiger partial charge in [0.1, 0.15) is 0 Å². The first-order valence-corrected chi connectivity index (χ1v) is 6.42. The summed E-state index contributed by atoms with van der Waals surface area (Å²) in [5.74, 6) is 0. The monoisotopic (exact) mass is 250 g/mol. The average Bonchev–Trinajstić information content (AvgIpc) is 2.38. The van der Waals surface area contributed by atoms with Gasteiger partial charge >= 0.3 is 6.09 Å². The second-order valence-electron chi connectivity index (χ2n) is 4.30. The van der Waals surface area contributed by atoms with Crippen molar-refractivity contribution in [2.45, 2.75) is 32.9 Å². The molecule has 0 aromatic heterocycles. The van der Waals surface area contributed by atoms with E-state index in [-0.39, 0.29) is 6.04 Å². The molecule has 1 rings (SSSR count). The van der Waals surface area contributed by atoms with E-state index in [1.807, 2.05) is 18.2 Å². The van der Waals surface area contributed by atoms with Crippen molar-refractivity contribution in [3.8, 4) is 0 Å². The lowest BCUT2D eigenvalue weighted by Gasteiger charge is -2.29. The number of benzene rings is 1. The minimum Gasteiger partial charge on any atom is -0.465 e. The van der Waals surface area contributed by atoms with Gasteiger partial charge in [0.25, 0.3) is 0 Å². The average molecular weight is 250 g/mol. The molecule has 0 radical (unpaired) electrons. The lowest BCUT2D eigenvalue weighted by Crippen LogP contribution is -2.42. The van der Waals surface area contributed by atoms with E-state index in [0.717, 1.165) is 19.5 Å². The fourth-order valence-corrected chi connectivity index (χ4v) is 2.05. The number of nitrogens with one attached hydrogen (secondary N) is 1. The first-order valence-electron chi connectivity index (χ1n) is 6.42. The molecule has 0 aliphatic rings. The van der Waals surface area contributed by atoms with Gasteiger partial charge in [-0.25, -0.2) is 4.79 Å². The van der Waals surface area contributed by atoms with Gasteiger partial charge in [0.2, 0.25) is 0 Å². The number of amides is 1. The van der Waals surface area contributed by atoms with Crippen molar-refractivity contribution in [2.24, 2.45) is 0 Å². The maximum atomic E-state index is 10.6. The molecule has 0 saturated heterocycles. The Labute approximate surface area is 109 Å². The molecule has 1 aromatic carbocycles. The van der Waals surface area contributed by atoms with Gasteiger partial charge in [-0.3, -0.25) is 4.90 Å². The third-order valence-electron chi connectivity index (χ3n) is 3.11. The molecule has 0 bridgehead atoms. The Morgan fingerprint density at radius 2 is 2.00 bits per heavy atom. The quantitative estimate of drug-likeness (QED) is 0.782. The maximum absolute atomic E-state index is 10.6. The molecule has 1 atom stereocenters. The number of likely N-dealkylation sites (N-methyl/N-ethyl adjacent to an activating group) is 1. The van der Waals surface area contributed by atoms with Crippen LogP contribution in [0.1, 0.15) is 25.8 Å². The summed E-state index contributed by atoms with van der Waals surface area (Å²) in [6, 6.07) is 10.5. The van der Waals surface area contributed by atoms with Crippen molar-refractivity contribution >= 4 is 6.09 Å². The minimum absolute atomic E-state index is 0.242. The third kappa shape index (κ3) is 4.75. The van der Waals surface area contributed by atoms with Crippen molar-refractivity contribution < 1.29 is 9.90 Å². The molecular weight excluding hydrogens is 228 g/mol. The van der Waals surface area contributed by atoms with Gasteiger partial charge in [-0.05, 0) is 18.5 Å². The largest absolute Gasteiger partial charge is 0.465 e. The highest BCUT2D eigenvalue weighted by Gasteiger charge is 2.16. The fourth-order valence-electron chi connectivity index (χ4n) is 2.05. The molecule has 1 aromatic rings. The van der Waals surface area contributed by atoms with Crippen LogP contribution in [0.4, 0.5) is 4.79 Å². The summed E-state index contributed by atoms with van der Waals surface area (Å²) in [4.78, 5) is 12.9. The molecule has 0 spiro atoms. The Kier molecular flexibility index (Phi) is 6.22. The highest BCUT2D eigenvalue weighted by molar-refractivity contribution is 5.64. The molecule has 0 heterocycles. The van der Waals surface area contributed by atoms with Crippen LogP contribution in [0.15, 0.2) is 30.3 Å².